The van der Waals surface area contributed by atoms with Crippen molar-refractivity contribution in [2.45, 2.75) is 6.54 Å². The lowest BCUT2D eigenvalue weighted by Crippen LogP contribution is -3.00. The average Bonchev–Trinajstić information content (AvgIpc) is 2.17. The van der Waals surface area contributed by atoms with E-state index in [2.05, 4.69) is 6.58 Å². The molecular formula is C12H16ClNO2. The van der Waals surface area contributed by atoms with Crippen LogP contribution >= 0.6 is 0 Å². The van der Waals surface area contributed by atoms with E-state index in [1.807, 2.05) is 44.4 Å². The second-order valence-corrected chi connectivity index (χ2v) is 3.83. The van der Waals surface area contributed by atoms with Gasteiger partial charge in [-0.1, -0.05) is 36.9 Å². The molecule has 0 aromatic heterocycles. The van der Waals surface area contributed by atoms with E-state index in [1.54, 1.807) is 0 Å². The zero-order valence-electron chi connectivity index (χ0n) is 9.52. The normalized spacial score (nSPS) is 10.1. The summed E-state index contributed by atoms with van der Waals surface area (Å²) in [6, 6.07) is 9.89. The van der Waals surface area contributed by atoms with Gasteiger partial charge in [0.05, 0.1) is 0 Å². The molecule has 0 aliphatic carbocycles. The molecule has 0 aliphatic rings. The third kappa shape index (κ3) is 4.96. The molecule has 1 rings (SSSR count). The van der Waals surface area contributed by atoms with Crippen molar-refractivity contribution >= 4 is 5.97 Å². The molecule has 4 heteroatoms. The van der Waals surface area contributed by atoms with Crippen molar-refractivity contribution < 1.29 is 26.7 Å². The third-order valence-corrected chi connectivity index (χ3v) is 1.91. The number of benzene rings is 1. The van der Waals surface area contributed by atoms with Gasteiger partial charge in [0.2, 0.25) is 0 Å². The molecule has 0 radical (unpaired) electrons. The van der Waals surface area contributed by atoms with Crippen molar-refractivity contribution in [1.82, 2.24) is 0 Å². The van der Waals surface area contributed by atoms with Crippen molar-refractivity contribution in [2.24, 2.45) is 0 Å². The minimum atomic E-state index is -0.407. The van der Waals surface area contributed by atoms with Gasteiger partial charge < -0.3 is 12.4 Å². The Kier molecular flexibility index (Phi) is 5.78. The van der Waals surface area contributed by atoms with E-state index in [4.69, 9.17) is 4.84 Å². The number of rotatable bonds is 4. The number of hydroxylamine groups is 3. The van der Waals surface area contributed by atoms with E-state index in [0.717, 1.165) is 5.56 Å². The van der Waals surface area contributed by atoms with Crippen LogP contribution in [-0.2, 0) is 16.2 Å². The molecule has 16 heavy (non-hydrogen) atoms. The molecule has 0 amide bonds. The van der Waals surface area contributed by atoms with Crippen LogP contribution in [0.3, 0.4) is 0 Å². The fraction of sp³-hybridized carbons (Fsp3) is 0.250. The Morgan fingerprint density at radius 2 is 1.94 bits per heavy atom. The monoisotopic (exact) mass is 241 g/mol. The largest absolute Gasteiger partial charge is 1.00 e. The highest BCUT2D eigenvalue weighted by atomic mass is 35.5. The summed E-state index contributed by atoms with van der Waals surface area (Å²) in [6.07, 6.45) is 1.17. The summed E-state index contributed by atoms with van der Waals surface area (Å²) >= 11 is 0. The molecule has 0 N–H and O–H groups in total. The predicted octanol–water partition coefficient (Wildman–Crippen LogP) is -1.09. The predicted molar refractivity (Wildman–Crippen MR) is 58.5 cm³/mol. The lowest BCUT2D eigenvalue weighted by Gasteiger charge is -2.25. The number of hydrogen-bond acceptors (Lipinski definition) is 2. The van der Waals surface area contributed by atoms with E-state index in [0.29, 0.717) is 6.54 Å². The molecule has 1 aromatic rings. The first-order valence-electron chi connectivity index (χ1n) is 4.76. The van der Waals surface area contributed by atoms with Gasteiger partial charge >= 0.3 is 5.97 Å². The molecule has 0 saturated carbocycles. The zero-order chi connectivity index (χ0) is 11.3. The van der Waals surface area contributed by atoms with Gasteiger partial charge in [0.15, 0.2) is 0 Å². The second kappa shape index (κ2) is 6.30. The van der Waals surface area contributed by atoms with Crippen LogP contribution in [0.5, 0.6) is 0 Å². The van der Waals surface area contributed by atoms with Gasteiger partial charge in [0.25, 0.3) is 0 Å². The van der Waals surface area contributed by atoms with Crippen LogP contribution in [0.1, 0.15) is 5.56 Å². The summed E-state index contributed by atoms with van der Waals surface area (Å²) in [7, 11) is 3.66. The van der Waals surface area contributed by atoms with Crippen LogP contribution in [0.4, 0.5) is 0 Å². The summed E-state index contributed by atoms with van der Waals surface area (Å²) in [5.41, 5.74) is 1.12. The molecule has 0 atom stereocenters. The van der Waals surface area contributed by atoms with Crippen LogP contribution in [0.2, 0.25) is 0 Å². The number of hydrogen-bond donors (Lipinski definition) is 0. The first-order chi connectivity index (χ1) is 7.03. The van der Waals surface area contributed by atoms with Gasteiger partial charge in [0, 0.05) is 11.6 Å². The van der Waals surface area contributed by atoms with E-state index in [-0.39, 0.29) is 17.1 Å². The van der Waals surface area contributed by atoms with Crippen LogP contribution in [-0.4, -0.2) is 24.7 Å². The number of carbonyl (C=O) groups is 1. The Bertz CT molecular complexity index is 349. The Hall–Kier alpha value is -1.32. The molecule has 0 spiro atoms. The first-order valence-corrected chi connectivity index (χ1v) is 4.76. The summed E-state index contributed by atoms with van der Waals surface area (Å²) in [4.78, 5) is 16.2. The van der Waals surface area contributed by atoms with E-state index in [1.165, 1.54) is 6.08 Å². The van der Waals surface area contributed by atoms with Crippen molar-refractivity contribution in [3.05, 3.63) is 48.6 Å². The summed E-state index contributed by atoms with van der Waals surface area (Å²) in [5, 5.41) is 0. The molecule has 88 valence electrons. The summed E-state index contributed by atoms with van der Waals surface area (Å²) in [6.45, 7) is 4.01. The third-order valence-electron chi connectivity index (χ3n) is 1.91. The molecule has 0 bridgehead atoms. The van der Waals surface area contributed by atoms with Crippen molar-refractivity contribution in [3.8, 4) is 0 Å². The van der Waals surface area contributed by atoms with E-state index >= 15 is 0 Å². The van der Waals surface area contributed by atoms with E-state index in [9.17, 15) is 4.79 Å². The minimum absolute atomic E-state index is 0. The maximum Gasteiger partial charge on any atom is 0.389 e. The van der Waals surface area contributed by atoms with Crippen LogP contribution < -0.4 is 12.4 Å². The summed E-state index contributed by atoms with van der Waals surface area (Å²) in [5.74, 6) is -0.407. The number of nitrogens with zero attached hydrogens (tertiary/aromatic N) is 1. The Morgan fingerprint density at radius 1 is 1.38 bits per heavy atom. The number of carbonyl (C=O) groups excluding carboxylic acids is 1. The van der Waals surface area contributed by atoms with Gasteiger partial charge in [-0.15, -0.1) is 4.65 Å². The number of quaternary nitrogens is 1. The molecular weight excluding hydrogens is 226 g/mol. The highest BCUT2D eigenvalue weighted by Gasteiger charge is 2.20. The summed E-state index contributed by atoms with van der Waals surface area (Å²) < 4.78 is 0.162. The van der Waals surface area contributed by atoms with Gasteiger partial charge in [-0.05, 0) is 0 Å². The molecule has 3 nitrogen and oxygen atoms in total. The molecule has 0 fully saturated rings. The molecule has 0 heterocycles. The fourth-order valence-corrected chi connectivity index (χ4v) is 1.34. The minimum Gasteiger partial charge on any atom is -1.00 e. The number of halogens is 1. The lowest BCUT2D eigenvalue weighted by atomic mass is 10.2. The van der Waals surface area contributed by atoms with Crippen molar-refractivity contribution in [3.63, 3.8) is 0 Å². The fourth-order valence-electron chi connectivity index (χ4n) is 1.34. The van der Waals surface area contributed by atoms with Gasteiger partial charge in [-0.25, -0.2) is 4.79 Å². The van der Waals surface area contributed by atoms with Gasteiger partial charge in [0.1, 0.15) is 20.6 Å². The van der Waals surface area contributed by atoms with Crippen LogP contribution in [0.25, 0.3) is 0 Å². The quantitative estimate of drug-likeness (QED) is 0.381. The maximum absolute atomic E-state index is 11.1. The van der Waals surface area contributed by atoms with Crippen molar-refractivity contribution in [1.29, 1.82) is 0 Å². The van der Waals surface area contributed by atoms with Crippen LogP contribution in [0, 0.1) is 0 Å². The first kappa shape index (κ1) is 14.7. The molecule has 0 unspecified atom stereocenters. The van der Waals surface area contributed by atoms with Gasteiger partial charge in [-0.3, -0.25) is 4.84 Å². The second-order valence-electron chi connectivity index (χ2n) is 3.83. The van der Waals surface area contributed by atoms with Gasteiger partial charge in [-0.2, -0.15) is 0 Å². The zero-order valence-corrected chi connectivity index (χ0v) is 10.3. The Balaban J connectivity index is 0.00000225. The lowest BCUT2D eigenvalue weighted by molar-refractivity contribution is -1.07. The van der Waals surface area contributed by atoms with Crippen LogP contribution in [0.15, 0.2) is 43.0 Å². The topological polar surface area (TPSA) is 26.3 Å². The van der Waals surface area contributed by atoms with Crippen molar-refractivity contribution in [2.75, 3.05) is 14.1 Å². The standard InChI is InChI=1S/C12H16NO2.ClH/c1-4-12(14)15-13(2,3)10-11-8-6-5-7-9-11;/h4-9H,1,10H2,2-3H3;1H/q+1;/p-1. The smallest absolute Gasteiger partial charge is 0.389 e. The molecule has 0 aliphatic heterocycles. The SMILES string of the molecule is C=CC(=O)O[N+](C)(C)Cc1ccccc1.[Cl-]. The molecule has 1 aromatic carbocycles. The Morgan fingerprint density at radius 3 is 2.44 bits per heavy atom. The highest BCUT2D eigenvalue weighted by Crippen LogP contribution is 2.09. The average molecular weight is 242 g/mol. The molecule has 0 saturated heterocycles. The Labute approximate surface area is 102 Å². The maximum atomic E-state index is 11.1. The van der Waals surface area contributed by atoms with E-state index < -0.39 is 5.97 Å². The highest BCUT2D eigenvalue weighted by molar-refractivity contribution is 5.80.